The van der Waals surface area contributed by atoms with E-state index in [0.29, 0.717) is 23.2 Å². The normalized spacial score (nSPS) is 22.5. The number of rotatable bonds is 6. The minimum absolute atomic E-state index is 0.228. The van der Waals surface area contributed by atoms with E-state index < -0.39 is 0 Å². The van der Waals surface area contributed by atoms with Crippen molar-refractivity contribution in [1.82, 2.24) is 15.0 Å². The maximum Gasteiger partial charge on any atom is 0.229 e. The SMILES string of the molecule is CCNc1nc(Cl)nc(NC2CCCC2SCC)n1. The average Bonchev–Trinajstić information content (AvgIpc) is 2.77. The van der Waals surface area contributed by atoms with Crippen LogP contribution in [-0.2, 0) is 0 Å². The molecule has 0 aromatic carbocycles. The second kappa shape index (κ2) is 7.14. The van der Waals surface area contributed by atoms with Gasteiger partial charge in [0.2, 0.25) is 17.2 Å². The van der Waals surface area contributed by atoms with Crippen LogP contribution < -0.4 is 10.6 Å². The first-order valence-corrected chi connectivity index (χ1v) is 8.19. The number of nitrogens with zero attached hydrogens (tertiary/aromatic N) is 3. The fourth-order valence-corrected chi connectivity index (χ4v) is 3.68. The van der Waals surface area contributed by atoms with Crippen molar-refractivity contribution in [3.05, 3.63) is 5.28 Å². The summed E-state index contributed by atoms with van der Waals surface area (Å²) >= 11 is 7.92. The Balaban J connectivity index is 2.05. The summed E-state index contributed by atoms with van der Waals surface area (Å²) in [6.07, 6.45) is 3.68. The van der Waals surface area contributed by atoms with Crippen molar-refractivity contribution in [3.8, 4) is 0 Å². The monoisotopic (exact) mass is 301 g/mol. The van der Waals surface area contributed by atoms with Crippen LogP contribution in [0.15, 0.2) is 0 Å². The quantitative estimate of drug-likeness (QED) is 0.842. The maximum absolute atomic E-state index is 5.92. The Hall–Kier alpha value is -0.750. The first-order chi connectivity index (χ1) is 9.22. The van der Waals surface area contributed by atoms with Gasteiger partial charge >= 0.3 is 0 Å². The van der Waals surface area contributed by atoms with Gasteiger partial charge in [0.25, 0.3) is 0 Å². The lowest BCUT2D eigenvalue weighted by molar-refractivity contribution is 0.753. The Morgan fingerprint density at radius 2 is 2.00 bits per heavy atom. The molecule has 19 heavy (non-hydrogen) atoms. The van der Waals surface area contributed by atoms with Gasteiger partial charge in [0.15, 0.2) is 0 Å². The first kappa shape index (κ1) is 14.7. The molecule has 1 aromatic heterocycles. The smallest absolute Gasteiger partial charge is 0.229 e. The summed E-state index contributed by atoms with van der Waals surface area (Å²) < 4.78 is 0. The highest BCUT2D eigenvalue weighted by Gasteiger charge is 2.27. The molecule has 2 N–H and O–H groups in total. The van der Waals surface area contributed by atoms with Crippen LogP contribution in [0.5, 0.6) is 0 Å². The van der Waals surface area contributed by atoms with Gasteiger partial charge in [-0.3, -0.25) is 0 Å². The Kier molecular flexibility index (Phi) is 5.51. The van der Waals surface area contributed by atoms with Gasteiger partial charge in [-0.1, -0.05) is 13.3 Å². The van der Waals surface area contributed by atoms with Gasteiger partial charge in [-0.25, -0.2) is 0 Å². The third-order valence-electron chi connectivity index (χ3n) is 3.09. The van der Waals surface area contributed by atoms with Crippen LogP contribution in [0.4, 0.5) is 11.9 Å². The van der Waals surface area contributed by atoms with Crippen LogP contribution in [0, 0.1) is 0 Å². The molecule has 0 spiro atoms. The molecule has 0 aliphatic heterocycles. The van der Waals surface area contributed by atoms with Crippen LogP contribution in [0.1, 0.15) is 33.1 Å². The van der Waals surface area contributed by atoms with E-state index in [1.54, 1.807) is 0 Å². The van der Waals surface area contributed by atoms with E-state index in [-0.39, 0.29) is 5.28 Å². The molecule has 106 valence electrons. The van der Waals surface area contributed by atoms with Crippen molar-refractivity contribution in [3.63, 3.8) is 0 Å². The molecule has 1 heterocycles. The zero-order valence-corrected chi connectivity index (χ0v) is 12.9. The molecule has 1 aliphatic carbocycles. The second-order valence-electron chi connectivity index (χ2n) is 4.46. The largest absolute Gasteiger partial charge is 0.354 e. The summed E-state index contributed by atoms with van der Waals surface area (Å²) in [6, 6.07) is 0.429. The topological polar surface area (TPSA) is 62.7 Å². The third-order valence-corrected chi connectivity index (χ3v) is 4.59. The molecule has 0 saturated heterocycles. The summed E-state index contributed by atoms with van der Waals surface area (Å²) in [5, 5.41) is 7.34. The van der Waals surface area contributed by atoms with Gasteiger partial charge in [-0.15, -0.1) is 0 Å². The molecular formula is C12H20ClN5S. The number of aromatic nitrogens is 3. The first-order valence-electron chi connectivity index (χ1n) is 6.76. The van der Waals surface area contributed by atoms with E-state index in [4.69, 9.17) is 11.6 Å². The van der Waals surface area contributed by atoms with Crippen molar-refractivity contribution in [2.75, 3.05) is 22.9 Å². The lowest BCUT2D eigenvalue weighted by Crippen LogP contribution is -2.27. The molecule has 1 saturated carbocycles. The summed E-state index contributed by atoms with van der Waals surface area (Å²) in [6.45, 7) is 4.95. The molecule has 1 aliphatic rings. The molecule has 1 fully saturated rings. The van der Waals surface area contributed by atoms with Gasteiger partial charge in [0.05, 0.1) is 0 Å². The Morgan fingerprint density at radius 1 is 1.21 bits per heavy atom. The zero-order valence-electron chi connectivity index (χ0n) is 11.3. The summed E-state index contributed by atoms with van der Waals surface area (Å²) in [5.41, 5.74) is 0. The molecule has 2 rings (SSSR count). The Bertz CT molecular complexity index is 417. The summed E-state index contributed by atoms with van der Waals surface area (Å²) in [5.74, 6) is 2.25. The van der Waals surface area contributed by atoms with E-state index in [0.717, 1.165) is 18.7 Å². The van der Waals surface area contributed by atoms with Gasteiger partial charge in [0.1, 0.15) is 0 Å². The van der Waals surface area contributed by atoms with E-state index >= 15 is 0 Å². The van der Waals surface area contributed by atoms with Gasteiger partial charge in [0, 0.05) is 17.8 Å². The van der Waals surface area contributed by atoms with Crippen LogP contribution in [0.25, 0.3) is 0 Å². The highest BCUT2D eigenvalue weighted by Crippen LogP contribution is 2.31. The lowest BCUT2D eigenvalue weighted by atomic mass is 10.2. The highest BCUT2D eigenvalue weighted by atomic mass is 35.5. The fourth-order valence-electron chi connectivity index (χ4n) is 2.32. The molecule has 0 amide bonds. The summed E-state index contributed by atoms with van der Waals surface area (Å²) in [4.78, 5) is 12.5. The number of nitrogens with one attached hydrogen (secondary N) is 2. The molecule has 5 nitrogen and oxygen atoms in total. The maximum atomic E-state index is 5.92. The molecule has 0 radical (unpaired) electrons. The molecule has 0 bridgehead atoms. The van der Waals surface area contributed by atoms with E-state index in [1.165, 1.54) is 12.8 Å². The highest BCUT2D eigenvalue weighted by molar-refractivity contribution is 7.99. The average molecular weight is 302 g/mol. The molecule has 1 aromatic rings. The number of thioether (sulfide) groups is 1. The standard InChI is InChI=1S/C12H20ClN5S/c1-3-14-11-16-10(13)17-12(18-11)15-8-6-5-7-9(8)19-4-2/h8-9H,3-7H2,1-2H3,(H2,14,15,16,17,18). The van der Waals surface area contributed by atoms with Crippen molar-refractivity contribution >= 4 is 35.3 Å². The van der Waals surface area contributed by atoms with Crippen molar-refractivity contribution in [2.45, 2.75) is 44.4 Å². The van der Waals surface area contributed by atoms with Crippen molar-refractivity contribution in [1.29, 1.82) is 0 Å². The number of halogens is 1. The lowest BCUT2D eigenvalue weighted by Gasteiger charge is -2.20. The Morgan fingerprint density at radius 3 is 2.74 bits per heavy atom. The molecular weight excluding hydrogens is 282 g/mol. The fraction of sp³-hybridized carbons (Fsp3) is 0.750. The zero-order chi connectivity index (χ0) is 13.7. The van der Waals surface area contributed by atoms with Crippen LogP contribution in [0.2, 0.25) is 5.28 Å². The second-order valence-corrected chi connectivity index (χ2v) is 6.31. The van der Waals surface area contributed by atoms with Crippen LogP contribution >= 0.6 is 23.4 Å². The van der Waals surface area contributed by atoms with Gasteiger partial charge in [-0.2, -0.15) is 26.7 Å². The predicted molar refractivity (Wildman–Crippen MR) is 82.2 cm³/mol. The number of hydrogen-bond acceptors (Lipinski definition) is 6. The van der Waals surface area contributed by atoms with E-state index in [9.17, 15) is 0 Å². The van der Waals surface area contributed by atoms with Gasteiger partial charge < -0.3 is 10.6 Å². The van der Waals surface area contributed by atoms with E-state index in [2.05, 4.69) is 32.5 Å². The molecule has 2 atom stereocenters. The Labute approximate surface area is 123 Å². The molecule has 2 unspecified atom stereocenters. The van der Waals surface area contributed by atoms with Gasteiger partial charge in [-0.05, 0) is 37.1 Å². The minimum atomic E-state index is 0.228. The molecule has 7 heteroatoms. The minimum Gasteiger partial charge on any atom is -0.354 e. The third kappa shape index (κ3) is 4.11. The number of hydrogen-bond donors (Lipinski definition) is 2. The van der Waals surface area contributed by atoms with Crippen LogP contribution in [0.3, 0.4) is 0 Å². The summed E-state index contributed by atoms with van der Waals surface area (Å²) in [7, 11) is 0. The van der Waals surface area contributed by atoms with Crippen molar-refractivity contribution in [2.24, 2.45) is 0 Å². The predicted octanol–water partition coefficient (Wildman–Crippen LogP) is 3.04. The van der Waals surface area contributed by atoms with Crippen LogP contribution in [-0.4, -0.2) is 38.5 Å². The van der Waals surface area contributed by atoms with E-state index in [1.807, 2.05) is 18.7 Å². The number of anilines is 2. The van der Waals surface area contributed by atoms with Crippen molar-refractivity contribution < 1.29 is 0 Å².